The summed E-state index contributed by atoms with van der Waals surface area (Å²) in [6.45, 7) is 0.748. The Hall–Kier alpha value is -1.69. The van der Waals surface area contributed by atoms with Crippen LogP contribution in [0.1, 0.15) is 10.5 Å². The van der Waals surface area contributed by atoms with E-state index in [0.29, 0.717) is 23.7 Å². The number of carbonyl (C=O) groups is 1. The minimum atomic E-state index is -0.291. The van der Waals surface area contributed by atoms with Gasteiger partial charge in [0.05, 0.1) is 23.3 Å². The van der Waals surface area contributed by atoms with Gasteiger partial charge in [-0.2, -0.15) is 0 Å². The molecule has 1 N–H and O–H groups in total. The van der Waals surface area contributed by atoms with Crippen molar-refractivity contribution in [3.8, 4) is 0 Å². The first kappa shape index (κ1) is 15.7. The van der Waals surface area contributed by atoms with Crippen LogP contribution in [-0.4, -0.2) is 44.4 Å². The van der Waals surface area contributed by atoms with Gasteiger partial charge in [-0.05, 0) is 12.1 Å². The number of hydrogen-bond donors (Lipinski definition) is 1. The van der Waals surface area contributed by atoms with Gasteiger partial charge in [0, 0.05) is 26.2 Å². The molecule has 0 fully saturated rings. The lowest BCUT2D eigenvalue weighted by Crippen LogP contribution is -2.35. The Bertz CT molecular complexity index is 633. The molecule has 1 amide bonds. The number of halogens is 1. The molecule has 1 aromatic heterocycles. The van der Waals surface area contributed by atoms with Crippen molar-refractivity contribution in [3.05, 3.63) is 41.0 Å². The molecule has 0 saturated heterocycles. The molecule has 2 aromatic rings. The first-order chi connectivity index (χ1) is 10.2. The van der Waals surface area contributed by atoms with Crippen LogP contribution in [0.4, 0.5) is 0 Å². The third-order valence-corrected chi connectivity index (χ3v) is 3.39. The van der Waals surface area contributed by atoms with Crippen molar-refractivity contribution in [2.75, 3.05) is 27.4 Å². The third kappa shape index (κ3) is 3.91. The van der Waals surface area contributed by atoms with Gasteiger partial charge in [-0.1, -0.05) is 29.8 Å². The van der Waals surface area contributed by atoms with Crippen LogP contribution in [0.2, 0.25) is 5.02 Å². The largest absolute Gasteiger partial charge is 0.382 e. The maximum atomic E-state index is 12.1. The second-order valence-electron chi connectivity index (χ2n) is 4.53. The van der Waals surface area contributed by atoms with Crippen molar-refractivity contribution in [3.63, 3.8) is 0 Å². The number of hydrogen-bond acceptors (Lipinski definition) is 4. The summed E-state index contributed by atoms with van der Waals surface area (Å²) < 4.78 is 10.2. The number of benzene rings is 1. The monoisotopic (exact) mass is 308 g/mol. The topological polar surface area (TPSA) is 60.5 Å². The van der Waals surface area contributed by atoms with Gasteiger partial charge in [0.15, 0.2) is 0 Å². The number of nitrogens with zero attached hydrogens (tertiary/aromatic N) is 1. The number of aromatic nitrogens is 1. The highest BCUT2D eigenvalue weighted by Crippen LogP contribution is 2.22. The molecule has 112 valence electrons. The van der Waals surface area contributed by atoms with Gasteiger partial charge < -0.3 is 14.8 Å². The fourth-order valence-corrected chi connectivity index (χ4v) is 2.21. The fraction of sp³-hybridized carbons (Fsp3) is 0.333. The number of pyridine rings is 1. The Morgan fingerprint density at radius 2 is 2.14 bits per heavy atom. The number of amides is 1. The van der Waals surface area contributed by atoms with Crippen LogP contribution >= 0.6 is 11.6 Å². The molecule has 0 bridgehead atoms. The van der Waals surface area contributed by atoms with Crippen molar-refractivity contribution in [1.82, 2.24) is 10.3 Å². The number of ether oxygens (including phenoxy) is 2. The first-order valence-electron chi connectivity index (χ1n) is 6.51. The van der Waals surface area contributed by atoms with Gasteiger partial charge in [0.1, 0.15) is 5.69 Å². The number of para-hydroxylation sites is 1. The Kier molecular flexibility index (Phi) is 5.50. The molecule has 0 aliphatic rings. The van der Waals surface area contributed by atoms with E-state index in [1.165, 1.54) is 0 Å². The van der Waals surface area contributed by atoms with Crippen LogP contribution < -0.4 is 5.32 Å². The highest BCUT2D eigenvalue weighted by atomic mass is 35.5. The maximum Gasteiger partial charge on any atom is 0.270 e. The van der Waals surface area contributed by atoms with E-state index in [4.69, 9.17) is 21.1 Å². The molecule has 21 heavy (non-hydrogen) atoms. The standard InChI is InChI=1S/C15H17ClN2O3/c1-20-9-10(21-2)8-17-15(19)14-7-12(16)11-5-3-4-6-13(11)18-14/h3-7,10H,8-9H2,1-2H3,(H,17,19). The molecule has 5 nitrogen and oxygen atoms in total. The van der Waals surface area contributed by atoms with Crippen LogP contribution in [0, 0.1) is 0 Å². The Morgan fingerprint density at radius 1 is 1.38 bits per heavy atom. The Morgan fingerprint density at radius 3 is 2.86 bits per heavy atom. The lowest BCUT2D eigenvalue weighted by molar-refractivity contribution is 0.0285. The number of methoxy groups -OCH3 is 2. The fourth-order valence-electron chi connectivity index (χ4n) is 1.94. The summed E-state index contributed by atoms with van der Waals surface area (Å²) in [6.07, 6.45) is -0.199. The SMILES string of the molecule is COCC(CNC(=O)c1cc(Cl)c2ccccc2n1)OC. The maximum absolute atomic E-state index is 12.1. The molecule has 0 aliphatic carbocycles. The Balaban J connectivity index is 2.12. The van der Waals surface area contributed by atoms with Crippen molar-refractivity contribution in [1.29, 1.82) is 0 Å². The van der Waals surface area contributed by atoms with Crippen LogP contribution in [0.3, 0.4) is 0 Å². The molecule has 1 heterocycles. The molecule has 0 radical (unpaired) electrons. The highest BCUT2D eigenvalue weighted by molar-refractivity contribution is 6.35. The lowest BCUT2D eigenvalue weighted by Gasteiger charge is -2.15. The second-order valence-corrected chi connectivity index (χ2v) is 4.94. The molecule has 0 spiro atoms. The summed E-state index contributed by atoms with van der Waals surface area (Å²) in [5.41, 5.74) is 0.973. The van der Waals surface area contributed by atoms with Gasteiger partial charge >= 0.3 is 0 Å². The van der Waals surface area contributed by atoms with Crippen LogP contribution in [-0.2, 0) is 9.47 Å². The summed E-state index contributed by atoms with van der Waals surface area (Å²) in [5.74, 6) is -0.291. The van der Waals surface area contributed by atoms with Gasteiger partial charge in [-0.25, -0.2) is 4.98 Å². The summed E-state index contributed by atoms with van der Waals surface area (Å²) in [6, 6.07) is 8.99. The van der Waals surface area contributed by atoms with Crippen molar-refractivity contribution >= 4 is 28.4 Å². The van der Waals surface area contributed by atoms with E-state index in [-0.39, 0.29) is 17.7 Å². The van der Waals surface area contributed by atoms with E-state index in [2.05, 4.69) is 10.3 Å². The number of fused-ring (bicyclic) bond motifs is 1. The summed E-state index contributed by atoms with van der Waals surface area (Å²) in [7, 11) is 3.15. The quantitative estimate of drug-likeness (QED) is 0.889. The molecular weight excluding hydrogens is 292 g/mol. The van der Waals surface area contributed by atoms with E-state index in [1.807, 2.05) is 24.3 Å². The molecule has 1 unspecified atom stereocenters. The first-order valence-corrected chi connectivity index (χ1v) is 6.88. The van der Waals surface area contributed by atoms with Crippen LogP contribution in [0.5, 0.6) is 0 Å². The zero-order chi connectivity index (χ0) is 15.2. The zero-order valence-corrected chi connectivity index (χ0v) is 12.7. The number of nitrogens with one attached hydrogen (secondary N) is 1. The van der Waals surface area contributed by atoms with E-state index in [1.54, 1.807) is 20.3 Å². The van der Waals surface area contributed by atoms with E-state index in [0.717, 1.165) is 5.39 Å². The highest BCUT2D eigenvalue weighted by Gasteiger charge is 2.13. The van der Waals surface area contributed by atoms with Crippen molar-refractivity contribution in [2.24, 2.45) is 0 Å². The van der Waals surface area contributed by atoms with Crippen molar-refractivity contribution < 1.29 is 14.3 Å². The van der Waals surface area contributed by atoms with Gasteiger partial charge in [0.25, 0.3) is 5.91 Å². The summed E-state index contributed by atoms with van der Waals surface area (Å²) >= 11 is 6.18. The smallest absolute Gasteiger partial charge is 0.270 e. The third-order valence-electron chi connectivity index (χ3n) is 3.07. The van der Waals surface area contributed by atoms with Gasteiger partial charge in [0.2, 0.25) is 0 Å². The zero-order valence-electron chi connectivity index (χ0n) is 11.9. The summed E-state index contributed by atoms with van der Waals surface area (Å²) in [4.78, 5) is 16.5. The van der Waals surface area contributed by atoms with E-state index < -0.39 is 0 Å². The predicted molar refractivity (Wildman–Crippen MR) is 81.8 cm³/mol. The number of rotatable bonds is 6. The molecule has 0 saturated carbocycles. The second kappa shape index (κ2) is 7.36. The summed E-state index contributed by atoms with van der Waals surface area (Å²) in [5, 5.41) is 4.09. The average molecular weight is 309 g/mol. The van der Waals surface area contributed by atoms with Gasteiger partial charge in [-0.3, -0.25) is 4.79 Å². The normalized spacial score (nSPS) is 12.3. The van der Waals surface area contributed by atoms with E-state index in [9.17, 15) is 4.79 Å². The minimum absolute atomic E-state index is 0.199. The van der Waals surface area contributed by atoms with Crippen molar-refractivity contribution in [2.45, 2.75) is 6.10 Å². The van der Waals surface area contributed by atoms with Crippen LogP contribution in [0.25, 0.3) is 10.9 Å². The molecule has 1 atom stereocenters. The molecule has 2 rings (SSSR count). The lowest BCUT2D eigenvalue weighted by atomic mass is 10.2. The molecule has 6 heteroatoms. The van der Waals surface area contributed by atoms with Crippen LogP contribution in [0.15, 0.2) is 30.3 Å². The van der Waals surface area contributed by atoms with E-state index >= 15 is 0 Å². The average Bonchev–Trinajstić information content (AvgIpc) is 2.51. The van der Waals surface area contributed by atoms with Gasteiger partial charge in [-0.15, -0.1) is 0 Å². The Labute approximate surface area is 128 Å². The molecule has 1 aromatic carbocycles. The molecular formula is C15H17ClN2O3. The number of carbonyl (C=O) groups excluding carboxylic acids is 1. The minimum Gasteiger partial charge on any atom is -0.382 e. The predicted octanol–water partition coefficient (Wildman–Crippen LogP) is 2.28. The molecule has 0 aliphatic heterocycles.